The molecule has 0 unspecified atom stereocenters. The second kappa shape index (κ2) is 8.78. The Morgan fingerprint density at radius 1 is 1.04 bits per heavy atom. The molecule has 1 aromatic carbocycles. The van der Waals surface area contributed by atoms with Crippen molar-refractivity contribution in [1.29, 1.82) is 0 Å². The molecule has 2 aromatic rings. The van der Waals surface area contributed by atoms with Gasteiger partial charge in [-0.25, -0.2) is 9.97 Å². The smallest absolute Gasteiger partial charge is 0.257 e. The van der Waals surface area contributed by atoms with E-state index in [-0.39, 0.29) is 5.91 Å². The third-order valence-corrected chi connectivity index (χ3v) is 5.81. The van der Waals surface area contributed by atoms with Crippen LogP contribution in [0.1, 0.15) is 42.5 Å². The predicted molar refractivity (Wildman–Crippen MR) is 112 cm³/mol. The normalized spacial score (nSPS) is 18.2. The monoisotopic (exact) mass is 399 g/mol. The highest BCUT2D eigenvalue weighted by Crippen LogP contribution is 2.22. The van der Waals surface area contributed by atoms with Gasteiger partial charge in [-0.1, -0.05) is 36.9 Å². The number of amides is 1. The molecule has 0 spiro atoms. The van der Waals surface area contributed by atoms with Gasteiger partial charge in [0.1, 0.15) is 0 Å². The topological polar surface area (TPSA) is 61.4 Å². The molecule has 2 heterocycles. The van der Waals surface area contributed by atoms with Gasteiger partial charge in [0.15, 0.2) is 0 Å². The van der Waals surface area contributed by atoms with Crippen molar-refractivity contribution in [2.24, 2.45) is 0 Å². The molecule has 0 radical (unpaired) electrons. The highest BCUT2D eigenvalue weighted by Gasteiger charge is 2.23. The Kier molecular flexibility index (Phi) is 5.95. The molecule has 1 saturated carbocycles. The highest BCUT2D eigenvalue weighted by atomic mass is 35.5. The van der Waals surface area contributed by atoms with E-state index in [1.165, 1.54) is 32.1 Å². The summed E-state index contributed by atoms with van der Waals surface area (Å²) in [5.74, 6) is 0.615. The van der Waals surface area contributed by atoms with Crippen molar-refractivity contribution >= 4 is 29.1 Å². The van der Waals surface area contributed by atoms with Crippen LogP contribution in [0.2, 0.25) is 5.02 Å². The predicted octanol–water partition coefficient (Wildman–Crippen LogP) is 3.84. The lowest BCUT2D eigenvalue weighted by Gasteiger charge is -2.36. The number of anilines is 2. The zero-order valence-corrected chi connectivity index (χ0v) is 16.7. The molecule has 1 N–H and O–H groups in total. The molecule has 1 saturated heterocycles. The largest absolute Gasteiger partial charge is 0.368 e. The second-order valence-electron chi connectivity index (χ2n) is 7.53. The number of hydrogen-bond donors (Lipinski definition) is 1. The zero-order valence-electron chi connectivity index (χ0n) is 16.0. The van der Waals surface area contributed by atoms with E-state index in [1.54, 1.807) is 12.4 Å². The summed E-state index contributed by atoms with van der Waals surface area (Å²) in [6.45, 7) is 2.92. The summed E-state index contributed by atoms with van der Waals surface area (Å²) in [6.07, 6.45) is 9.46. The summed E-state index contributed by atoms with van der Waals surface area (Å²) >= 11 is 6.09. The molecule has 0 atom stereocenters. The van der Waals surface area contributed by atoms with E-state index in [0.29, 0.717) is 30.6 Å². The Balaban J connectivity index is 1.32. The van der Waals surface area contributed by atoms with Crippen molar-refractivity contribution in [3.05, 3.63) is 47.2 Å². The third kappa shape index (κ3) is 4.55. The van der Waals surface area contributed by atoms with Crippen molar-refractivity contribution in [2.75, 3.05) is 36.4 Å². The molecular formula is C21H26ClN5O. The number of nitrogens with zero attached hydrogens (tertiary/aromatic N) is 4. The molecule has 0 bridgehead atoms. The van der Waals surface area contributed by atoms with Crippen LogP contribution in [0.25, 0.3) is 0 Å². The van der Waals surface area contributed by atoms with Crippen LogP contribution in [0.3, 0.4) is 0 Å². The number of piperazine rings is 1. The molecule has 1 amide bonds. The molecule has 2 fully saturated rings. The fraction of sp³-hybridized carbons (Fsp3) is 0.476. The Labute approximate surface area is 170 Å². The van der Waals surface area contributed by atoms with Crippen LogP contribution in [0.4, 0.5) is 11.6 Å². The first kappa shape index (κ1) is 19.0. The molecule has 148 valence electrons. The number of nitrogens with one attached hydrogen (secondary N) is 1. The van der Waals surface area contributed by atoms with Gasteiger partial charge in [-0.3, -0.25) is 4.79 Å². The Bertz CT molecular complexity index is 799. The summed E-state index contributed by atoms with van der Waals surface area (Å²) in [4.78, 5) is 25.6. The highest BCUT2D eigenvalue weighted by molar-refractivity contribution is 6.30. The van der Waals surface area contributed by atoms with E-state index in [1.807, 2.05) is 23.1 Å². The van der Waals surface area contributed by atoms with Gasteiger partial charge in [-0.05, 0) is 31.0 Å². The maximum atomic E-state index is 12.8. The summed E-state index contributed by atoms with van der Waals surface area (Å²) in [7, 11) is 0. The first-order chi connectivity index (χ1) is 13.7. The molecule has 2 aliphatic rings. The summed E-state index contributed by atoms with van der Waals surface area (Å²) in [5, 5.41) is 4.12. The van der Waals surface area contributed by atoms with Crippen LogP contribution >= 0.6 is 11.6 Å². The van der Waals surface area contributed by atoms with Crippen molar-refractivity contribution in [3.8, 4) is 0 Å². The summed E-state index contributed by atoms with van der Waals surface area (Å²) < 4.78 is 0. The number of carbonyl (C=O) groups is 1. The number of benzene rings is 1. The van der Waals surface area contributed by atoms with Crippen molar-refractivity contribution in [2.45, 2.75) is 38.1 Å². The summed E-state index contributed by atoms with van der Waals surface area (Å²) in [5.41, 5.74) is 1.64. The first-order valence-electron chi connectivity index (χ1n) is 10.1. The van der Waals surface area contributed by atoms with Crippen molar-refractivity contribution in [3.63, 3.8) is 0 Å². The van der Waals surface area contributed by atoms with Gasteiger partial charge in [0.25, 0.3) is 5.91 Å². The van der Waals surface area contributed by atoms with Crippen LogP contribution in [0, 0.1) is 0 Å². The molecule has 4 rings (SSSR count). The van der Waals surface area contributed by atoms with Crippen LogP contribution < -0.4 is 10.2 Å². The van der Waals surface area contributed by atoms with E-state index < -0.39 is 0 Å². The van der Waals surface area contributed by atoms with E-state index in [4.69, 9.17) is 11.6 Å². The lowest BCUT2D eigenvalue weighted by Crippen LogP contribution is -2.48. The molecule has 6 nitrogen and oxygen atoms in total. The number of rotatable bonds is 4. The number of aromatic nitrogens is 2. The second-order valence-corrected chi connectivity index (χ2v) is 7.97. The SMILES string of the molecule is O=C(c1cnc(NC2CCCCC2)nc1)N1CCN(c2cccc(Cl)c2)CC1. The Morgan fingerprint density at radius 3 is 2.43 bits per heavy atom. The van der Waals surface area contributed by atoms with Gasteiger partial charge >= 0.3 is 0 Å². The fourth-order valence-corrected chi connectivity index (χ4v) is 4.15. The van der Waals surface area contributed by atoms with E-state index >= 15 is 0 Å². The number of hydrogen-bond acceptors (Lipinski definition) is 5. The van der Waals surface area contributed by atoms with Gasteiger partial charge in [0, 0.05) is 55.3 Å². The van der Waals surface area contributed by atoms with Gasteiger partial charge in [0.05, 0.1) is 5.56 Å². The van der Waals surface area contributed by atoms with Crippen LogP contribution in [-0.4, -0.2) is 53.0 Å². The number of carbonyl (C=O) groups excluding carboxylic acids is 1. The van der Waals surface area contributed by atoms with Crippen LogP contribution in [-0.2, 0) is 0 Å². The van der Waals surface area contributed by atoms with Crippen molar-refractivity contribution < 1.29 is 4.79 Å². The summed E-state index contributed by atoms with van der Waals surface area (Å²) in [6, 6.07) is 8.29. The zero-order chi connectivity index (χ0) is 19.3. The molecular weight excluding hydrogens is 374 g/mol. The van der Waals surface area contributed by atoms with E-state index in [2.05, 4.69) is 26.3 Å². The Morgan fingerprint density at radius 2 is 1.75 bits per heavy atom. The third-order valence-electron chi connectivity index (χ3n) is 5.58. The quantitative estimate of drug-likeness (QED) is 0.846. The molecule has 28 heavy (non-hydrogen) atoms. The fourth-order valence-electron chi connectivity index (χ4n) is 3.97. The van der Waals surface area contributed by atoms with Gasteiger partial charge in [-0.15, -0.1) is 0 Å². The molecule has 1 aliphatic heterocycles. The first-order valence-corrected chi connectivity index (χ1v) is 10.5. The van der Waals surface area contributed by atoms with E-state index in [0.717, 1.165) is 23.8 Å². The maximum Gasteiger partial charge on any atom is 0.257 e. The minimum absolute atomic E-state index is 0.00467. The number of halogens is 1. The standard InChI is InChI=1S/C21H26ClN5O/c22-17-5-4-8-19(13-17)26-9-11-27(12-10-26)20(28)16-14-23-21(24-15-16)25-18-6-2-1-3-7-18/h4-5,8,13-15,18H,1-3,6-7,9-12H2,(H,23,24,25). The van der Waals surface area contributed by atoms with E-state index in [9.17, 15) is 4.79 Å². The minimum atomic E-state index is -0.00467. The average Bonchev–Trinajstić information content (AvgIpc) is 2.75. The van der Waals surface area contributed by atoms with Crippen molar-refractivity contribution in [1.82, 2.24) is 14.9 Å². The molecule has 7 heteroatoms. The lowest BCUT2D eigenvalue weighted by molar-refractivity contribution is 0.0746. The van der Waals surface area contributed by atoms with Gasteiger partial charge in [0.2, 0.25) is 5.95 Å². The van der Waals surface area contributed by atoms with Crippen LogP contribution in [0.5, 0.6) is 0 Å². The average molecular weight is 400 g/mol. The minimum Gasteiger partial charge on any atom is -0.368 e. The van der Waals surface area contributed by atoms with Crippen LogP contribution in [0.15, 0.2) is 36.7 Å². The lowest BCUT2D eigenvalue weighted by atomic mass is 9.96. The molecule has 1 aliphatic carbocycles. The molecule has 1 aromatic heterocycles. The van der Waals surface area contributed by atoms with Gasteiger partial charge < -0.3 is 15.1 Å². The maximum absolute atomic E-state index is 12.8. The Hall–Kier alpha value is -2.34. The van der Waals surface area contributed by atoms with Gasteiger partial charge in [-0.2, -0.15) is 0 Å².